The van der Waals surface area contributed by atoms with Crippen molar-refractivity contribution in [3.8, 4) is 12.3 Å². The van der Waals surface area contributed by atoms with Crippen LogP contribution in [0.25, 0.3) is 0 Å². The van der Waals surface area contributed by atoms with Crippen molar-refractivity contribution < 1.29 is 14.3 Å². The van der Waals surface area contributed by atoms with E-state index in [9.17, 15) is 4.79 Å². The number of hydrogen-bond donors (Lipinski definition) is 0. The van der Waals surface area contributed by atoms with Gasteiger partial charge in [-0.1, -0.05) is 0 Å². The summed E-state index contributed by atoms with van der Waals surface area (Å²) < 4.78 is 10.6. The van der Waals surface area contributed by atoms with E-state index < -0.39 is 5.60 Å². The number of terminal acetylenes is 1. The predicted octanol–water partition coefficient (Wildman–Crippen LogP) is 0.774. The molecule has 72 valence electrons. The second-order valence-corrected chi connectivity index (χ2v) is 3.01. The van der Waals surface area contributed by atoms with Crippen LogP contribution in [-0.2, 0) is 14.3 Å². The van der Waals surface area contributed by atoms with E-state index in [0.29, 0.717) is 32.7 Å². The third-order valence-corrected chi connectivity index (χ3v) is 2.27. The average molecular weight is 182 g/mol. The zero-order valence-corrected chi connectivity index (χ0v) is 7.84. The molecule has 0 aromatic rings. The number of carbonyl (C=O) groups excluding carboxylic acids is 1. The van der Waals surface area contributed by atoms with Gasteiger partial charge in [0.2, 0.25) is 5.78 Å². The Morgan fingerprint density at radius 1 is 1.62 bits per heavy atom. The van der Waals surface area contributed by atoms with Gasteiger partial charge in [-0.15, -0.1) is 6.42 Å². The van der Waals surface area contributed by atoms with Crippen LogP contribution in [0.15, 0.2) is 0 Å². The summed E-state index contributed by atoms with van der Waals surface area (Å²) >= 11 is 0. The molecule has 0 radical (unpaired) electrons. The molecule has 0 unspecified atom stereocenters. The van der Waals surface area contributed by atoms with Crippen LogP contribution in [0.1, 0.15) is 19.8 Å². The molecule has 0 bridgehead atoms. The lowest BCUT2D eigenvalue weighted by molar-refractivity contribution is -0.151. The molecular weight excluding hydrogens is 168 g/mol. The quantitative estimate of drug-likeness (QED) is 0.478. The fraction of sp³-hybridized carbons (Fsp3) is 0.700. The van der Waals surface area contributed by atoms with E-state index in [-0.39, 0.29) is 5.78 Å². The maximum absolute atomic E-state index is 11.5. The van der Waals surface area contributed by atoms with E-state index in [4.69, 9.17) is 15.9 Å². The molecule has 1 rings (SSSR count). The molecule has 3 heteroatoms. The number of rotatable bonds is 3. The van der Waals surface area contributed by atoms with Gasteiger partial charge in [-0.05, 0) is 12.8 Å². The van der Waals surface area contributed by atoms with Gasteiger partial charge in [0.25, 0.3) is 0 Å². The van der Waals surface area contributed by atoms with Crippen molar-refractivity contribution in [1.82, 2.24) is 0 Å². The molecule has 1 heterocycles. The highest BCUT2D eigenvalue weighted by molar-refractivity contribution is 6.01. The van der Waals surface area contributed by atoms with Gasteiger partial charge >= 0.3 is 0 Å². The van der Waals surface area contributed by atoms with Crippen molar-refractivity contribution >= 4 is 5.78 Å². The Labute approximate surface area is 78.4 Å². The Bertz CT molecular complexity index is 215. The first kappa shape index (κ1) is 10.2. The molecule has 0 spiro atoms. The third-order valence-electron chi connectivity index (χ3n) is 2.27. The summed E-state index contributed by atoms with van der Waals surface area (Å²) in [5, 5.41) is 0. The van der Waals surface area contributed by atoms with E-state index in [0.717, 1.165) is 0 Å². The van der Waals surface area contributed by atoms with Crippen LogP contribution in [0, 0.1) is 12.3 Å². The first-order valence-electron chi connectivity index (χ1n) is 4.48. The molecule has 1 aliphatic rings. The molecule has 0 aromatic heterocycles. The molecule has 0 N–H and O–H groups in total. The largest absolute Gasteiger partial charge is 0.381 e. The number of Topliss-reactive ketones (excluding diaryl/α,β-unsaturated/α-hetero) is 1. The summed E-state index contributed by atoms with van der Waals surface area (Å²) in [4.78, 5) is 11.5. The number of carbonyl (C=O) groups is 1. The Kier molecular flexibility index (Phi) is 3.47. The molecule has 0 aliphatic carbocycles. The second-order valence-electron chi connectivity index (χ2n) is 3.01. The first-order valence-corrected chi connectivity index (χ1v) is 4.48. The van der Waals surface area contributed by atoms with E-state index in [2.05, 4.69) is 5.92 Å². The Morgan fingerprint density at radius 2 is 2.23 bits per heavy atom. The predicted molar refractivity (Wildman–Crippen MR) is 48.3 cm³/mol. The molecule has 0 aromatic carbocycles. The molecule has 1 saturated heterocycles. The number of ketones is 1. The summed E-state index contributed by atoms with van der Waals surface area (Å²) in [5.74, 6) is 1.89. The third kappa shape index (κ3) is 2.09. The summed E-state index contributed by atoms with van der Waals surface area (Å²) in [6.07, 6.45) is 6.24. The van der Waals surface area contributed by atoms with Gasteiger partial charge in [0.1, 0.15) is 5.60 Å². The lowest BCUT2D eigenvalue weighted by Crippen LogP contribution is -2.45. The van der Waals surface area contributed by atoms with Gasteiger partial charge in [0, 0.05) is 32.7 Å². The lowest BCUT2D eigenvalue weighted by Gasteiger charge is -2.33. The van der Waals surface area contributed by atoms with Crippen LogP contribution in [0.5, 0.6) is 0 Å². The molecule has 0 atom stereocenters. The SMILES string of the molecule is C#CC(=O)C1(OCC)CCOCC1. The summed E-state index contributed by atoms with van der Waals surface area (Å²) in [6, 6.07) is 0. The van der Waals surface area contributed by atoms with Gasteiger partial charge in [0.15, 0.2) is 0 Å². The standard InChI is InChI=1S/C10H14O3/c1-3-9(11)10(13-4-2)5-7-12-8-6-10/h1H,4-8H2,2H3. The monoisotopic (exact) mass is 182 g/mol. The Hall–Kier alpha value is -0.850. The molecule has 13 heavy (non-hydrogen) atoms. The van der Waals surface area contributed by atoms with Crippen LogP contribution in [0.3, 0.4) is 0 Å². The second kappa shape index (κ2) is 4.40. The van der Waals surface area contributed by atoms with Crippen LogP contribution < -0.4 is 0 Å². The fourth-order valence-electron chi connectivity index (χ4n) is 1.55. The molecule has 0 saturated carbocycles. The zero-order chi connectivity index (χ0) is 9.73. The molecule has 1 aliphatic heterocycles. The molecular formula is C10H14O3. The fourth-order valence-corrected chi connectivity index (χ4v) is 1.55. The minimum Gasteiger partial charge on any atom is -0.381 e. The van der Waals surface area contributed by atoms with Crippen LogP contribution in [0.4, 0.5) is 0 Å². The highest BCUT2D eigenvalue weighted by Crippen LogP contribution is 2.25. The average Bonchev–Trinajstić information content (AvgIpc) is 2.18. The maximum Gasteiger partial charge on any atom is 0.237 e. The van der Waals surface area contributed by atoms with Gasteiger partial charge in [-0.3, -0.25) is 4.79 Å². The van der Waals surface area contributed by atoms with Gasteiger partial charge in [-0.2, -0.15) is 0 Å². The summed E-state index contributed by atoms with van der Waals surface area (Å²) in [7, 11) is 0. The first-order chi connectivity index (χ1) is 6.25. The van der Waals surface area contributed by atoms with Gasteiger partial charge in [0.05, 0.1) is 0 Å². The lowest BCUT2D eigenvalue weighted by atomic mass is 9.89. The van der Waals surface area contributed by atoms with E-state index in [1.165, 1.54) is 0 Å². The van der Waals surface area contributed by atoms with Gasteiger partial charge in [-0.25, -0.2) is 0 Å². The van der Waals surface area contributed by atoms with E-state index in [1.807, 2.05) is 6.92 Å². The van der Waals surface area contributed by atoms with Crippen molar-refractivity contribution in [2.75, 3.05) is 19.8 Å². The van der Waals surface area contributed by atoms with Crippen molar-refractivity contribution in [1.29, 1.82) is 0 Å². The van der Waals surface area contributed by atoms with Crippen molar-refractivity contribution in [2.24, 2.45) is 0 Å². The minimum atomic E-state index is -0.762. The zero-order valence-electron chi connectivity index (χ0n) is 7.84. The molecule has 0 amide bonds. The normalized spacial score (nSPS) is 20.6. The van der Waals surface area contributed by atoms with Gasteiger partial charge < -0.3 is 9.47 Å². The van der Waals surface area contributed by atoms with E-state index >= 15 is 0 Å². The number of hydrogen-bond acceptors (Lipinski definition) is 3. The van der Waals surface area contributed by atoms with Crippen LogP contribution in [0.2, 0.25) is 0 Å². The topological polar surface area (TPSA) is 35.5 Å². The maximum atomic E-state index is 11.5. The highest BCUT2D eigenvalue weighted by atomic mass is 16.5. The summed E-state index contributed by atoms with van der Waals surface area (Å²) in [6.45, 7) is 3.47. The van der Waals surface area contributed by atoms with Crippen molar-refractivity contribution in [3.05, 3.63) is 0 Å². The Morgan fingerprint density at radius 3 is 2.69 bits per heavy atom. The van der Waals surface area contributed by atoms with Crippen molar-refractivity contribution in [2.45, 2.75) is 25.4 Å². The minimum absolute atomic E-state index is 0.252. The number of ether oxygens (including phenoxy) is 2. The Balaban J connectivity index is 2.73. The highest BCUT2D eigenvalue weighted by Gasteiger charge is 2.39. The molecule has 1 fully saturated rings. The van der Waals surface area contributed by atoms with Crippen molar-refractivity contribution in [3.63, 3.8) is 0 Å². The smallest absolute Gasteiger partial charge is 0.237 e. The molecule has 3 nitrogen and oxygen atoms in total. The van der Waals surface area contributed by atoms with E-state index in [1.54, 1.807) is 0 Å². The summed E-state index contributed by atoms with van der Waals surface area (Å²) in [5.41, 5.74) is -0.762. The van der Waals surface area contributed by atoms with Crippen LogP contribution in [-0.4, -0.2) is 31.2 Å². The van der Waals surface area contributed by atoms with Crippen LogP contribution >= 0.6 is 0 Å².